The number of carbonyl (C=O) groups excluding carboxylic acids is 2. The molecular formula is C28H37ClFN3O4. The van der Waals surface area contributed by atoms with E-state index in [0.29, 0.717) is 32.5 Å². The van der Waals surface area contributed by atoms with E-state index >= 15 is 0 Å². The summed E-state index contributed by atoms with van der Waals surface area (Å²) in [7, 11) is 3.29. The van der Waals surface area contributed by atoms with Crippen molar-refractivity contribution in [3.8, 4) is 11.1 Å². The summed E-state index contributed by atoms with van der Waals surface area (Å²) in [5.41, 5.74) is 1.45. The number of benzene rings is 2. The van der Waals surface area contributed by atoms with Crippen LogP contribution in [0.2, 0.25) is 0 Å². The number of nitrogens with zero attached hydrogens (tertiary/aromatic N) is 2. The number of carbonyl (C=O) groups is 2. The van der Waals surface area contributed by atoms with Crippen LogP contribution >= 0.6 is 11.6 Å². The maximum absolute atomic E-state index is 13.8. The summed E-state index contributed by atoms with van der Waals surface area (Å²) < 4.78 is 24.5. The standard InChI is InChI=1S/C28H37ClFN3O4/c1-27(2,3)37-26(35)31-28(25(34)32(4)14-15-36-5)12-7-13-33(19-28)24-11-10-21(16-22(24)18-29)20-8-6-9-23(30)17-20/h6,8-11,16-17H,7,12-15,18-19H2,1-5H3,(H,31,35). The van der Waals surface area contributed by atoms with Crippen molar-refractivity contribution in [1.82, 2.24) is 10.2 Å². The number of anilines is 1. The maximum Gasteiger partial charge on any atom is 0.408 e. The maximum atomic E-state index is 13.8. The second-order valence-electron chi connectivity index (χ2n) is 10.4. The quantitative estimate of drug-likeness (QED) is 0.472. The first-order chi connectivity index (χ1) is 17.5. The summed E-state index contributed by atoms with van der Waals surface area (Å²) in [6, 6.07) is 12.2. The Morgan fingerprint density at radius 3 is 2.57 bits per heavy atom. The van der Waals surface area contributed by atoms with Crippen LogP contribution in [0.5, 0.6) is 0 Å². The molecule has 3 rings (SSSR count). The van der Waals surface area contributed by atoms with Crippen molar-refractivity contribution in [1.29, 1.82) is 0 Å². The van der Waals surface area contributed by atoms with Crippen molar-refractivity contribution in [3.05, 3.63) is 53.8 Å². The smallest absolute Gasteiger partial charge is 0.408 e. The van der Waals surface area contributed by atoms with Gasteiger partial charge < -0.3 is 24.6 Å². The van der Waals surface area contributed by atoms with Gasteiger partial charge in [-0.15, -0.1) is 11.6 Å². The number of methoxy groups -OCH3 is 1. The first-order valence-electron chi connectivity index (χ1n) is 12.4. The molecule has 9 heteroatoms. The first-order valence-corrected chi connectivity index (χ1v) is 13.0. The van der Waals surface area contributed by atoms with Gasteiger partial charge in [0.15, 0.2) is 0 Å². The van der Waals surface area contributed by atoms with Crippen molar-refractivity contribution in [2.24, 2.45) is 0 Å². The summed E-state index contributed by atoms with van der Waals surface area (Å²) in [6.45, 7) is 7.07. The molecule has 1 atom stereocenters. The van der Waals surface area contributed by atoms with Gasteiger partial charge in [0.05, 0.1) is 13.2 Å². The average molecular weight is 534 g/mol. The molecule has 1 fully saturated rings. The highest BCUT2D eigenvalue weighted by atomic mass is 35.5. The molecule has 1 aliphatic heterocycles. The molecule has 37 heavy (non-hydrogen) atoms. The lowest BCUT2D eigenvalue weighted by atomic mass is 9.86. The third-order valence-electron chi connectivity index (χ3n) is 6.34. The molecule has 0 aliphatic carbocycles. The van der Waals surface area contributed by atoms with Crippen LogP contribution in [-0.4, -0.2) is 68.4 Å². The Hall–Kier alpha value is -2.84. The van der Waals surface area contributed by atoms with E-state index in [1.54, 1.807) is 45.9 Å². The third-order valence-corrected chi connectivity index (χ3v) is 6.63. The summed E-state index contributed by atoms with van der Waals surface area (Å²) in [5.74, 6) is -0.272. The fraction of sp³-hybridized carbons (Fsp3) is 0.500. The van der Waals surface area contributed by atoms with Gasteiger partial charge in [-0.2, -0.15) is 0 Å². The molecule has 2 aromatic carbocycles. The van der Waals surface area contributed by atoms with Crippen LogP contribution in [0.1, 0.15) is 39.2 Å². The highest BCUT2D eigenvalue weighted by Gasteiger charge is 2.46. The average Bonchev–Trinajstić information content (AvgIpc) is 2.85. The van der Waals surface area contributed by atoms with Crippen LogP contribution in [0.15, 0.2) is 42.5 Å². The molecule has 0 aromatic heterocycles. The molecule has 1 heterocycles. The lowest BCUT2D eigenvalue weighted by Crippen LogP contribution is -2.67. The van der Waals surface area contributed by atoms with E-state index in [-0.39, 0.29) is 24.1 Å². The lowest BCUT2D eigenvalue weighted by Gasteiger charge is -2.45. The number of halogens is 2. The Bertz CT molecular complexity index is 1110. The Morgan fingerprint density at radius 1 is 1.19 bits per heavy atom. The van der Waals surface area contributed by atoms with Gasteiger partial charge in [-0.25, -0.2) is 9.18 Å². The molecule has 7 nitrogen and oxygen atoms in total. The van der Waals surface area contributed by atoms with Crippen LogP contribution in [-0.2, 0) is 20.1 Å². The topological polar surface area (TPSA) is 71.1 Å². The van der Waals surface area contributed by atoms with Crippen molar-refractivity contribution >= 4 is 29.3 Å². The molecule has 0 radical (unpaired) electrons. The van der Waals surface area contributed by atoms with Crippen LogP contribution in [0.25, 0.3) is 11.1 Å². The minimum absolute atomic E-state index is 0.205. The predicted molar refractivity (Wildman–Crippen MR) is 144 cm³/mol. The van der Waals surface area contributed by atoms with Crippen LogP contribution in [0.3, 0.4) is 0 Å². The number of rotatable bonds is 8. The lowest BCUT2D eigenvalue weighted by molar-refractivity contribution is -0.138. The van der Waals surface area contributed by atoms with Gasteiger partial charge >= 0.3 is 6.09 Å². The molecule has 1 unspecified atom stereocenters. The zero-order valence-corrected chi connectivity index (χ0v) is 23.0. The molecule has 0 spiro atoms. The van der Waals surface area contributed by atoms with E-state index in [1.807, 2.05) is 24.3 Å². The van der Waals surface area contributed by atoms with Gasteiger partial charge in [0.1, 0.15) is 17.0 Å². The molecule has 202 valence electrons. The second kappa shape index (κ2) is 12.1. The van der Waals surface area contributed by atoms with Crippen molar-refractivity contribution in [2.75, 3.05) is 45.3 Å². The molecule has 2 amide bonds. The number of alkyl carbamates (subject to hydrolysis) is 1. The predicted octanol–water partition coefficient (Wildman–Crippen LogP) is 5.20. The van der Waals surface area contributed by atoms with Crippen molar-refractivity contribution in [2.45, 2.75) is 50.6 Å². The molecule has 0 bridgehead atoms. The number of amides is 2. The van der Waals surface area contributed by atoms with Gasteiger partial charge in [-0.1, -0.05) is 18.2 Å². The van der Waals surface area contributed by atoms with E-state index in [9.17, 15) is 14.0 Å². The van der Waals surface area contributed by atoms with Crippen molar-refractivity contribution < 1.29 is 23.5 Å². The summed E-state index contributed by atoms with van der Waals surface area (Å²) in [5, 5.41) is 2.92. The number of ether oxygens (including phenoxy) is 2. The van der Waals surface area contributed by atoms with Gasteiger partial charge in [0.25, 0.3) is 0 Å². The van der Waals surface area contributed by atoms with E-state index in [1.165, 1.54) is 12.1 Å². The fourth-order valence-electron chi connectivity index (χ4n) is 4.63. The van der Waals surface area contributed by atoms with Crippen LogP contribution in [0, 0.1) is 5.82 Å². The van der Waals surface area contributed by atoms with Gasteiger partial charge in [0, 0.05) is 38.8 Å². The number of likely N-dealkylation sites (N-methyl/N-ethyl adjacent to an activating group) is 1. The minimum Gasteiger partial charge on any atom is -0.444 e. The molecule has 0 saturated carbocycles. The van der Waals surface area contributed by atoms with Crippen LogP contribution in [0.4, 0.5) is 14.9 Å². The number of piperidine rings is 1. The Balaban J connectivity index is 1.94. The summed E-state index contributed by atoms with van der Waals surface area (Å²) in [4.78, 5) is 30.3. The SMILES string of the molecule is COCCN(C)C(=O)C1(NC(=O)OC(C)(C)C)CCCN(c2ccc(-c3cccc(F)c3)cc2CCl)C1. The number of hydrogen-bond acceptors (Lipinski definition) is 5. The first kappa shape index (κ1) is 28.7. The van der Waals surface area contributed by atoms with E-state index < -0.39 is 17.2 Å². The highest BCUT2D eigenvalue weighted by molar-refractivity contribution is 6.17. The Morgan fingerprint density at radius 2 is 1.92 bits per heavy atom. The van der Waals surface area contributed by atoms with Gasteiger partial charge in [-0.05, 0) is 74.6 Å². The van der Waals surface area contributed by atoms with Gasteiger partial charge in [-0.3, -0.25) is 4.79 Å². The molecular weight excluding hydrogens is 497 g/mol. The Labute approximate surface area is 223 Å². The normalized spacial score (nSPS) is 17.9. The van der Waals surface area contributed by atoms with Crippen molar-refractivity contribution in [3.63, 3.8) is 0 Å². The van der Waals surface area contributed by atoms with Gasteiger partial charge in [0.2, 0.25) is 5.91 Å². The Kier molecular flexibility index (Phi) is 9.42. The van der Waals surface area contributed by atoms with E-state index in [2.05, 4.69) is 10.2 Å². The minimum atomic E-state index is -1.19. The van der Waals surface area contributed by atoms with Crippen LogP contribution < -0.4 is 10.2 Å². The summed E-state index contributed by atoms with van der Waals surface area (Å²) >= 11 is 6.36. The third kappa shape index (κ3) is 7.36. The number of hydrogen-bond donors (Lipinski definition) is 1. The monoisotopic (exact) mass is 533 g/mol. The molecule has 1 saturated heterocycles. The number of nitrogens with one attached hydrogen (secondary N) is 1. The zero-order chi connectivity index (χ0) is 27.2. The fourth-order valence-corrected chi connectivity index (χ4v) is 4.85. The summed E-state index contributed by atoms with van der Waals surface area (Å²) in [6.07, 6.45) is 0.505. The largest absolute Gasteiger partial charge is 0.444 e. The molecule has 1 N–H and O–H groups in total. The molecule has 1 aliphatic rings. The van der Waals surface area contributed by atoms with E-state index in [0.717, 1.165) is 22.4 Å². The van der Waals surface area contributed by atoms with E-state index in [4.69, 9.17) is 21.1 Å². The number of alkyl halides is 1. The second-order valence-corrected chi connectivity index (χ2v) is 10.7. The molecule has 2 aromatic rings. The highest BCUT2D eigenvalue weighted by Crippen LogP contribution is 2.34. The zero-order valence-electron chi connectivity index (χ0n) is 22.3.